The van der Waals surface area contributed by atoms with Gasteiger partial charge in [-0.3, -0.25) is 0 Å². The first-order chi connectivity index (χ1) is 9.72. The molecule has 21 heavy (non-hydrogen) atoms. The molecule has 0 aliphatic carbocycles. The summed E-state index contributed by atoms with van der Waals surface area (Å²) in [7, 11) is -0.159. The molecule has 0 bridgehead atoms. The van der Waals surface area contributed by atoms with Gasteiger partial charge in [0.1, 0.15) is 4.32 Å². The van der Waals surface area contributed by atoms with Crippen LogP contribution in [-0.4, -0.2) is 15.8 Å². The third-order valence-electron chi connectivity index (χ3n) is 3.87. The van der Waals surface area contributed by atoms with Crippen molar-refractivity contribution in [2.24, 2.45) is 5.73 Å². The summed E-state index contributed by atoms with van der Waals surface area (Å²) in [6.45, 7) is 4.54. The molecule has 0 fully saturated rings. The van der Waals surface area contributed by atoms with Crippen molar-refractivity contribution < 1.29 is 21.1 Å². The number of thiocarbonyl (C=S) groups is 1. The topological polar surface area (TPSA) is 26.0 Å². The monoisotopic (exact) mass is 503 g/mol. The quantitative estimate of drug-likeness (QED) is 0.174. The normalized spacial score (nSPS) is 11.0. The summed E-state index contributed by atoms with van der Waals surface area (Å²) in [4.78, 5) is 0. The first kappa shape index (κ1) is 24.2. The number of thiol groups is 1. The minimum Gasteiger partial charge on any atom is -0.386 e. The van der Waals surface area contributed by atoms with Crippen molar-refractivity contribution in [2.75, 3.05) is 11.5 Å². The Morgan fingerprint density at radius 2 is 1.05 bits per heavy atom. The second kappa shape index (κ2) is 19.0. The maximum absolute atomic E-state index is 5.92. The van der Waals surface area contributed by atoms with Crippen LogP contribution >= 0.6 is 23.1 Å². The van der Waals surface area contributed by atoms with Crippen LogP contribution in [0.4, 0.5) is 0 Å². The summed E-state index contributed by atoms with van der Waals surface area (Å²) in [5.74, 6) is 2.57. The molecule has 0 amide bonds. The molecular weight excluding hydrogens is 466 g/mol. The van der Waals surface area contributed by atoms with Gasteiger partial charge in [0.05, 0.1) is 0 Å². The predicted octanol–water partition coefficient (Wildman–Crippen LogP) is 5.95. The Kier molecular flexibility index (Phi) is 21.9. The van der Waals surface area contributed by atoms with Gasteiger partial charge in [-0.2, -0.15) is 0 Å². The van der Waals surface area contributed by atoms with E-state index in [2.05, 4.69) is 13.8 Å². The van der Waals surface area contributed by atoms with Crippen LogP contribution in [0.3, 0.4) is 0 Å². The Morgan fingerprint density at radius 3 is 1.38 bits per heavy atom. The van der Waals surface area contributed by atoms with Gasteiger partial charge in [-0.15, -0.1) is 0 Å². The Labute approximate surface area is 156 Å². The first-order valence-corrected chi connectivity index (χ1v) is 10.9. The van der Waals surface area contributed by atoms with Gasteiger partial charge in [-0.1, -0.05) is 90.3 Å². The van der Waals surface area contributed by atoms with Crippen molar-refractivity contribution in [1.29, 1.82) is 0 Å². The van der Waals surface area contributed by atoms with Crippen molar-refractivity contribution in [1.82, 2.24) is 0 Å². The van der Waals surface area contributed by atoms with Gasteiger partial charge in [-0.05, 0) is 24.3 Å². The smallest absolute Gasteiger partial charge is 0.111 e. The summed E-state index contributed by atoms with van der Waals surface area (Å²) < 4.78 is 0.821. The third-order valence-corrected chi connectivity index (χ3v) is 6.98. The van der Waals surface area contributed by atoms with E-state index in [0.29, 0.717) is 0 Å². The predicted molar refractivity (Wildman–Crippen MR) is 102 cm³/mol. The molecule has 0 saturated carbocycles. The van der Waals surface area contributed by atoms with Crippen LogP contribution in [0.2, 0.25) is 0 Å². The molecule has 0 rings (SSSR count). The molecule has 0 aromatic heterocycles. The van der Waals surface area contributed by atoms with Gasteiger partial charge in [0.2, 0.25) is 0 Å². The zero-order chi connectivity index (χ0) is 15.1. The largest absolute Gasteiger partial charge is 0.386 e. The molecule has 4 heteroatoms. The molecule has 0 radical (unpaired) electrons. The fourth-order valence-corrected chi connectivity index (χ4v) is 4.92. The SMILES string of the molecule is CCCCCCCC[SH](CCCCCCCC)C(N)=S.[W]. The van der Waals surface area contributed by atoms with Crippen molar-refractivity contribution in [3.8, 4) is 0 Å². The molecule has 0 heterocycles. The average Bonchev–Trinajstić information content (AvgIpc) is 2.43. The Morgan fingerprint density at radius 1 is 0.714 bits per heavy atom. The number of hydrogen-bond acceptors (Lipinski definition) is 1. The van der Waals surface area contributed by atoms with Crippen molar-refractivity contribution in [2.45, 2.75) is 90.9 Å². The Balaban J connectivity index is 0. The number of nitrogens with two attached hydrogens (primary N) is 1. The van der Waals surface area contributed by atoms with Crippen LogP contribution in [-0.2, 0) is 21.1 Å². The average molecular weight is 503 g/mol. The second-order valence-corrected chi connectivity index (χ2v) is 9.06. The van der Waals surface area contributed by atoms with E-state index in [1.165, 1.54) is 88.6 Å². The van der Waals surface area contributed by atoms with E-state index in [-0.39, 0.29) is 32.0 Å². The van der Waals surface area contributed by atoms with Crippen LogP contribution in [0.25, 0.3) is 0 Å². The Bertz CT molecular complexity index is 209. The van der Waals surface area contributed by atoms with Gasteiger partial charge in [0.25, 0.3) is 0 Å². The van der Waals surface area contributed by atoms with Gasteiger partial charge >= 0.3 is 0 Å². The molecule has 2 N–H and O–H groups in total. The second-order valence-electron chi connectivity index (χ2n) is 5.86. The molecule has 0 aliphatic heterocycles. The van der Waals surface area contributed by atoms with E-state index in [9.17, 15) is 0 Å². The molecule has 0 spiro atoms. The van der Waals surface area contributed by atoms with Gasteiger partial charge in [0, 0.05) is 21.1 Å². The number of unbranched alkanes of at least 4 members (excludes halogenated alkanes) is 10. The first-order valence-electron chi connectivity index (χ1n) is 8.76. The summed E-state index contributed by atoms with van der Waals surface area (Å²) in [5, 5.41) is 0. The van der Waals surface area contributed by atoms with Crippen LogP contribution in [0, 0.1) is 0 Å². The van der Waals surface area contributed by atoms with Crippen LogP contribution in [0.1, 0.15) is 90.9 Å². The zero-order valence-electron chi connectivity index (χ0n) is 14.2. The molecule has 0 aliphatic rings. The summed E-state index contributed by atoms with van der Waals surface area (Å²) >= 11 is 5.26. The van der Waals surface area contributed by atoms with E-state index in [4.69, 9.17) is 18.0 Å². The minimum absolute atomic E-state index is 0. The molecular formula is C17H37NS2W. The fraction of sp³-hybridized carbons (Fsp3) is 0.941. The van der Waals surface area contributed by atoms with Crippen LogP contribution < -0.4 is 5.73 Å². The van der Waals surface area contributed by atoms with E-state index in [1.807, 2.05) is 0 Å². The Hall–Kier alpha value is 0.928. The van der Waals surface area contributed by atoms with Gasteiger partial charge in [0.15, 0.2) is 0 Å². The van der Waals surface area contributed by atoms with Crippen molar-refractivity contribution in [3.05, 3.63) is 0 Å². The van der Waals surface area contributed by atoms with E-state index >= 15 is 0 Å². The summed E-state index contributed by atoms with van der Waals surface area (Å²) in [6, 6.07) is 0. The zero-order valence-corrected chi connectivity index (χ0v) is 18.9. The van der Waals surface area contributed by atoms with E-state index in [1.54, 1.807) is 0 Å². The summed E-state index contributed by atoms with van der Waals surface area (Å²) in [6.07, 6.45) is 16.5. The number of rotatable bonds is 14. The standard InChI is InChI=1S/C17H37NS2.W/c1-3-5-7-9-11-13-15-20(17(18)19)16-14-12-10-8-6-4-2;/h20H,3-16H2,1-2H3,(H2,18,19);. The molecule has 128 valence electrons. The number of hydrogen-bond donors (Lipinski definition) is 2. The third kappa shape index (κ3) is 17.1. The van der Waals surface area contributed by atoms with Crippen LogP contribution in [0.15, 0.2) is 0 Å². The van der Waals surface area contributed by atoms with Gasteiger partial charge < -0.3 is 5.73 Å². The maximum atomic E-state index is 5.92. The van der Waals surface area contributed by atoms with Gasteiger partial charge in [-0.25, -0.2) is 10.9 Å². The molecule has 1 nitrogen and oxygen atoms in total. The van der Waals surface area contributed by atoms with Crippen molar-refractivity contribution in [3.63, 3.8) is 0 Å². The van der Waals surface area contributed by atoms with E-state index < -0.39 is 0 Å². The van der Waals surface area contributed by atoms with E-state index in [0.717, 1.165) is 4.32 Å². The van der Waals surface area contributed by atoms with Crippen molar-refractivity contribution >= 4 is 27.4 Å². The summed E-state index contributed by atoms with van der Waals surface area (Å²) in [5.41, 5.74) is 5.92. The molecule has 0 aromatic rings. The molecule has 0 aromatic carbocycles. The maximum Gasteiger partial charge on any atom is 0.111 e. The fourth-order valence-electron chi connectivity index (χ4n) is 2.50. The minimum atomic E-state index is -0.159. The van der Waals surface area contributed by atoms with Crippen LogP contribution in [0.5, 0.6) is 0 Å². The molecule has 0 unspecified atom stereocenters. The molecule has 0 saturated heterocycles. The molecule has 0 atom stereocenters.